The number of rotatable bonds is 4. The molecule has 2 rings (SSSR count). The van der Waals surface area contributed by atoms with Gasteiger partial charge < -0.3 is 15.3 Å². The van der Waals surface area contributed by atoms with Crippen molar-refractivity contribution < 1.29 is 19.6 Å². The summed E-state index contributed by atoms with van der Waals surface area (Å²) in [6.07, 6.45) is 0.722. The Hall–Kier alpha value is -2.64. The van der Waals surface area contributed by atoms with E-state index in [4.69, 9.17) is 5.11 Å². The number of carbonyl (C=O) groups is 2. The van der Waals surface area contributed by atoms with E-state index < -0.39 is 10.9 Å². The number of carboxylic acids is 1. The van der Waals surface area contributed by atoms with Gasteiger partial charge in [-0.3, -0.25) is 19.7 Å². The topological polar surface area (TPSA) is 113 Å². The van der Waals surface area contributed by atoms with Gasteiger partial charge in [0.15, 0.2) is 0 Å². The molecule has 0 aromatic heterocycles. The zero-order valence-electron chi connectivity index (χ0n) is 10.8. The number of fused-ring (bicyclic) bond motifs is 1. The number of nitro groups is 1. The zero-order chi connectivity index (χ0) is 14.9. The van der Waals surface area contributed by atoms with Gasteiger partial charge >= 0.3 is 5.97 Å². The van der Waals surface area contributed by atoms with E-state index in [-0.39, 0.29) is 30.2 Å². The number of hydrogen-bond donors (Lipinski definition) is 2. The van der Waals surface area contributed by atoms with Gasteiger partial charge in [0.05, 0.1) is 4.92 Å². The van der Waals surface area contributed by atoms with Crippen LogP contribution in [0.2, 0.25) is 0 Å². The molecule has 1 aromatic carbocycles. The zero-order valence-corrected chi connectivity index (χ0v) is 10.8. The van der Waals surface area contributed by atoms with Gasteiger partial charge in [0.25, 0.3) is 5.69 Å². The van der Waals surface area contributed by atoms with Crippen molar-refractivity contribution in [3.05, 3.63) is 27.8 Å². The molecule has 0 spiro atoms. The first-order valence-corrected chi connectivity index (χ1v) is 5.92. The van der Waals surface area contributed by atoms with E-state index in [0.29, 0.717) is 17.7 Å². The molecule has 0 atom stereocenters. The smallest absolute Gasteiger partial charge is 0.323 e. The first-order valence-electron chi connectivity index (χ1n) is 5.92. The van der Waals surface area contributed by atoms with E-state index >= 15 is 0 Å². The Bertz CT molecular complexity index is 599. The van der Waals surface area contributed by atoms with Crippen LogP contribution in [0.15, 0.2) is 12.1 Å². The Kier molecular flexibility index (Phi) is 3.55. The van der Waals surface area contributed by atoms with Gasteiger partial charge in [0.2, 0.25) is 5.91 Å². The molecular formula is C12H13N3O5. The lowest BCUT2D eigenvalue weighted by Gasteiger charge is -2.22. The molecule has 0 radical (unpaired) electrons. The number of hydrogen-bond acceptors (Lipinski definition) is 5. The molecule has 0 aliphatic carbocycles. The fraction of sp³-hybridized carbons (Fsp3) is 0.333. The van der Waals surface area contributed by atoms with E-state index in [0.717, 1.165) is 0 Å². The molecular weight excluding hydrogens is 266 g/mol. The Morgan fingerprint density at radius 2 is 2.20 bits per heavy atom. The Labute approximate surface area is 114 Å². The molecule has 1 aromatic rings. The maximum absolute atomic E-state index is 11.4. The van der Waals surface area contributed by atoms with Crippen molar-refractivity contribution >= 4 is 28.9 Å². The van der Waals surface area contributed by atoms with Crippen LogP contribution in [0.25, 0.3) is 0 Å². The summed E-state index contributed by atoms with van der Waals surface area (Å²) in [6.45, 7) is -0.367. The molecule has 0 saturated heterocycles. The number of anilines is 2. The first-order chi connectivity index (χ1) is 9.38. The molecule has 1 aliphatic heterocycles. The maximum Gasteiger partial charge on any atom is 0.323 e. The standard InChI is InChI=1S/C12H13N3O5/c1-14(6-12(17)18)9-5-8-7(2-3-11(16)13-8)4-10(9)15(19)20/h4-5H,2-3,6H2,1H3,(H,13,16)(H,17,18). The van der Waals surface area contributed by atoms with Crippen LogP contribution in [0.3, 0.4) is 0 Å². The first kappa shape index (κ1) is 13.8. The molecule has 0 saturated carbocycles. The van der Waals surface area contributed by atoms with Crippen LogP contribution in [0, 0.1) is 10.1 Å². The second-order valence-electron chi connectivity index (χ2n) is 4.55. The van der Waals surface area contributed by atoms with Crippen molar-refractivity contribution in [2.24, 2.45) is 0 Å². The third-order valence-corrected chi connectivity index (χ3v) is 3.08. The minimum absolute atomic E-state index is 0.154. The van der Waals surface area contributed by atoms with Crippen molar-refractivity contribution in [3.8, 4) is 0 Å². The van der Waals surface area contributed by atoms with Gasteiger partial charge in [0, 0.05) is 25.2 Å². The molecule has 2 N–H and O–H groups in total. The highest BCUT2D eigenvalue weighted by Gasteiger charge is 2.24. The van der Waals surface area contributed by atoms with Crippen molar-refractivity contribution in [2.45, 2.75) is 12.8 Å². The van der Waals surface area contributed by atoms with E-state index in [1.54, 1.807) is 0 Å². The summed E-state index contributed by atoms with van der Waals surface area (Å²) in [5.74, 6) is -1.25. The number of carboxylic acid groups (broad SMARTS) is 1. The van der Waals surface area contributed by atoms with E-state index in [1.807, 2.05) is 0 Å². The van der Waals surface area contributed by atoms with Gasteiger partial charge in [-0.2, -0.15) is 0 Å². The van der Waals surface area contributed by atoms with Crippen LogP contribution in [0.1, 0.15) is 12.0 Å². The Balaban J connectivity index is 2.48. The lowest BCUT2D eigenvalue weighted by atomic mass is 10.0. The number of likely N-dealkylation sites (N-methyl/N-ethyl adjacent to an activating group) is 1. The lowest BCUT2D eigenvalue weighted by molar-refractivity contribution is -0.384. The lowest BCUT2D eigenvalue weighted by Crippen LogP contribution is -2.27. The number of benzene rings is 1. The predicted octanol–water partition coefficient (Wildman–Crippen LogP) is 1.00. The molecule has 1 heterocycles. The summed E-state index contributed by atoms with van der Waals surface area (Å²) >= 11 is 0. The summed E-state index contributed by atoms with van der Waals surface area (Å²) in [5.41, 5.74) is 1.19. The fourth-order valence-corrected chi connectivity index (χ4v) is 2.14. The summed E-state index contributed by atoms with van der Waals surface area (Å²) < 4.78 is 0. The SMILES string of the molecule is CN(CC(=O)O)c1cc2c(cc1[N+](=O)[O-])CCC(=O)N2. The molecule has 0 fully saturated rings. The second kappa shape index (κ2) is 5.16. The maximum atomic E-state index is 11.4. The number of nitrogens with zero attached hydrogens (tertiary/aromatic N) is 2. The quantitative estimate of drug-likeness (QED) is 0.628. The highest BCUT2D eigenvalue weighted by Crippen LogP contribution is 2.35. The number of carbonyl (C=O) groups excluding carboxylic acids is 1. The average Bonchev–Trinajstić information content (AvgIpc) is 2.36. The Morgan fingerprint density at radius 3 is 2.80 bits per heavy atom. The van der Waals surface area contributed by atoms with Gasteiger partial charge in [-0.15, -0.1) is 0 Å². The molecule has 106 valence electrons. The van der Waals surface area contributed by atoms with Crippen LogP contribution in [-0.4, -0.2) is 35.5 Å². The van der Waals surface area contributed by atoms with Gasteiger partial charge in [-0.05, 0) is 18.1 Å². The third-order valence-electron chi connectivity index (χ3n) is 3.08. The molecule has 0 unspecified atom stereocenters. The number of amides is 1. The molecule has 1 aliphatic rings. The normalized spacial score (nSPS) is 13.3. The molecule has 0 bridgehead atoms. The number of aryl methyl sites for hydroxylation is 1. The largest absolute Gasteiger partial charge is 0.480 e. The van der Waals surface area contributed by atoms with Crippen molar-refractivity contribution in [3.63, 3.8) is 0 Å². The van der Waals surface area contributed by atoms with Gasteiger partial charge in [-0.1, -0.05) is 0 Å². The number of nitrogens with one attached hydrogen (secondary N) is 1. The molecule has 20 heavy (non-hydrogen) atoms. The van der Waals surface area contributed by atoms with E-state index in [9.17, 15) is 19.7 Å². The second-order valence-corrected chi connectivity index (χ2v) is 4.55. The van der Waals surface area contributed by atoms with E-state index in [2.05, 4.69) is 5.32 Å². The fourth-order valence-electron chi connectivity index (χ4n) is 2.14. The summed E-state index contributed by atoms with van der Waals surface area (Å²) in [5, 5.41) is 22.5. The van der Waals surface area contributed by atoms with Crippen LogP contribution in [-0.2, 0) is 16.0 Å². The molecule has 8 nitrogen and oxygen atoms in total. The van der Waals surface area contributed by atoms with Crippen LogP contribution in [0.4, 0.5) is 17.1 Å². The predicted molar refractivity (Wildman–Crippen MR) is 71.0 cm³/mol. The van der Waals surface area contributed by atoms with Crippen LogP contribution in [0.5, 0.6) is 0 Å². The summed E-state index contributed by atoms with van der Waals surface area (Å²) in [6, 6.07) is 2.84. The molecule has 8 heteroatoms. The summed E-state index contributed by atoms with van der Waals surface area (Å²) in [7, 11) is 1.45. The molecule has 1 amide bonds. The Morgan fingerprint density at radius 1 is 1.50 bits per heavy atom. The van der Waals surface area contributed by atoms with Crippen molar-refractivity contribution in [2.75, 3.05) is 23.8 Å². The monoisotopic (exact) mass is 279 g/mol. The minimum atomic E-state index is -1.09. The number of nitro benzene ring substituents is 1. The summed E-state index contributed by atoms with van der Waals surface area (Å²) in [4.78, 5) is 33.9. The third kappa shape index (κ3) is 2.68. The highest BCUT2D eigenvalue weighted by atomic mass is 16.6. The van der Waals surface area contributed by atoms with Crippen LogP contribution >= 0.6 is 0 Å². The van der Waals surface area contributed by atoms with Crippen molar-refractivity contribution in [1.29, 1.82) is 0 Å². The highest BCUT2D eigenvalue weighted by molar-refractivity contribution is 5.95. The van der Waals surface area contributed by atoms with Gasteiger partial charge in [-0.25, -0.2) is 0 Å². The van der Waals surface area contributed by atoms with Gasteiger partial charge in [0.1, 0.15) is 12.2 Å². The van der Waals surface area contributed by atoms with E-state index in [1.165, 1.54) is 24.1 Å². The van der Waals surface area contributed by atoms with Crippen molar-refractivity contribution in [1.82, 2.24) is 0 Å². The number of aliphatic carboxylic acids is 1. The average molecular weight is 279 g/mol. The minimum Gasteiger partial charge on any atom is -0.480 e. The van der Waals surface area contributed by atoms with Crippen LogP contribution < -0.4 is 10.2 Å².